The second-order valence-corrected chi connectivity index (χ2v) is 7.46. The van der Waals surface area contributed by atoms with E-state index in [-0.39, 0.29) is 28.9 Å². The molecule has 0 saturated heterocycles. The van der Waals surface area contributed by atoms with Crippen molar-refractivity contribution in [2.75, 3.05) is 0 Å². The van der Waals surface area contributed by atoms with E-state index in [1.807, 2.05) is 58.0 Å². The molecule has 1 aliphatic carbocycles. The second-order valence-electron chi connectivity index (χ2n) is 7.46. The SMILES string of the molecule is CC(C)=CCC[C@@H](C)C1=C(O)C(N[C@H](C)c2ccccc2)=C(C)C(=O)C1=O. The van der Waals surface area contributed by atoms with Gasteiger partial charge in [-0.05, 0) is 52.0 Å². The lowest BCUT2D eigenvalue weighted by Crippen LogP contribution is -2.33. The first-order valence-electron chi connectivity index (χ1n) is 9.42. The third-order valence-electron chi connectivity index (χ3n) is 4.96. The van der Waals surface area contributed by atoms with Crippen LogP contribution < -0.4 is 5.32 Å². The van der Waals surface area contributed by atoms with Gasteiger partial charge in [-0.15, -0.1) is 0 Å². The maximum atomic E-state index is 12.5. The van der Waals surface area contributed by atoms with Gasteiger partial charge in [-0.25, -0.2) is 0 Å². The van der Waals surface area contributed by atoms with Crippen molar-refractivity contribution >= 4 is 11.6 Å². The zero-order valence-corrected chi connectivity index (χ0v) is 16.8. The summed E-state index contributed by atoms with van der Waals surface area (Å²) >= 11 is 0. The standard InChI is InChI=1S/C23H29NO3/c1-14(2)10-9-11-15(3)19-22(26)20(16(4)21(25)23(19)27)24-17(5)18-12-7-6-8-13-18/h6-8,10,12-13,15,17,24,26H,9,11H2,1-5H3/t15-,17-/m1/s1. The lowest BCUT2D eigenvalue weighted by Gasteiger charge is -2.26. The van der Waals surface area contributed by atoms with Crippen LogP contribution in [0.3, 0.4) is 0 Å². The number of aliphatic hydroxyl groups excluding tert-OH is 1. The van der Waals surface area contributed by atoms with E-state index in [4.69, 9.17) is 0 Å². The van der Waals surface area contributed by atoms with Gasteiger partial charge < -0.3 is 10.4 Å². The Kier molecular flexibility index (Phi) is 6.78. The molecule has 27 heavy (non-hydrogen) atoms. The van der Waals surface area contributed by atoms with Gasteiger partial charge in [0.1, 0.15) is 5.76 Å². The maximum Gasteiger partial charge on any atom is 0.233 e. The molecule has 0 amide bonds. The lowest BCUT2D eigenvalue weighted by molar-refractivity contribution is -0.132. The van der Waals surface area contributed by atoms with Crippen molar-refractivity contribution in [3.63, 3.8) is 0 Å². The van der Waals surface area contributed by atoms with Gasteiger partial charge in [0, 0.05) is 11.6 Å². The lowest BCUT2D eigenvalue weighted by atomic mass is 9.83. The van der Waals surface area contributed by atoms with Crippen molar-refractivity contribution < 1.29 is 14.7 Å². The third kappa shape index (κ3) is 4.76. The number of Topliss-reactive ketones (excluding diaryl/α,β-unsaturated/α-hetero) is 2. The van der Waals surface area contributed by atoms with Crippen LogP contribution in [-0.4, -0.2) is 16.7 Å². The number of rotatable bonds is 7. The Labute approximate surface area is 161 Å². The van der Waals surface area contributed by atoms with E-state index >= 15 is 0 Å². The fraction of sp³-hybridized carbons (Fsp3) is 0.391. The van der Waals surface area contributed by atoms with Crippen LogP contribution in [0.1, 0.15) is 59.1 Å². The molecule has 1 aromatic rings. The van der Waals surface area contributed by atoms with Gasteiger partial charge in [0.25, 0.3) is 0 Å². The van der Waals surface area contributed by atoms with Crippen LogP contribution in [0.15, 0.2) is 64.6 Å². The minimum absolute atomic E-state index is 0.0930. The Hall–Kier alpha value is -2.62. The van der Waals surface area contributed by atoms with Gasteiger partial charge >= 0.3 is 0 Å². The molecule has 2 N–H and O–H groups in total. The Morgan fingerprint density at radius 3 is 2.33 bits per heavy atom. The van der Waals surface area contributed by atoms with Crippen molar-refractivity contribution in [1.29, 1.82) is 0 Å². The molecule has 0 heterocycles. The van der Waals surface area contributed by atoms with Crippen LogP contribution in [-0.2, 0) is 9.59 Å². The number of allylic oxidation sites excluding steroid dienone is 4. The topological polar surface area (TPSA) is 66.4 Å². The Morgan fingerprint density at radius 2 is 1.74 bits per heavy atom. The molecule has 4 heteroatoms. The van der Waals surface area contributed by atoms with Gasteiger partial charge in [-0.2, -0.15) is 0 Å². The molecule has 1 aliphatic rings. The van der Waals surface area contributed by atoms with Crippen molar-refractivity contribution in [1.82, 2.24) is 5.32 Å². The van der Waals surface area contributed by atoms with E-state index in [1.54, 1.807) is 6.92 Å². The molecule has 0 radical (unpaired) electrons. The molecule has 4 nitrogen and oxygen atoms in total. The van der Waals surface area contributed by atoms with E-state index in [1.165, 1.54) is 5.57 Å². The van der Waals surface area contributed by atoms with Gasteiger partial charge in [-0.3, -0.25) is 9.59 Å². The van der Waals surface area contributed by atoms with Gasteiger partial charge in [0.2, 0.25) is 11.6 Å². The van der Waals surface area contributed by atoms with Crippen LogP contribution in [0.2, 0.25) is 0 Å². The highest BCUT2D eigenvalue weighted by atomic mass is 16.3. The maximum absolute atomic E-state index is 12.5. The summed E-state index contributed by atoms with van der Waals surface area (Å²) in [5, 5.41) is 14.1. The minimum Gasteiger partial charge on any atom is -0.505 e. The summed E-state index contributed by atoms with van der Waals surface area (Å²) in [6, 6.07) is 9.67. The molecule has 0 fully saturated rings. The molecule has 0 aromatic heterocycles. The first-order chi connectivity index (χ1) is 12.7. The Balaban J connectivity index is 2.32. The Morgan fingerprint density at radius 1 is 1.11 bits per heavy atom. The van der Waals surface area contributed by atoms with E-state index < -0.39 is 11.6 Å². The third-order valence-corrected chi connectivity index (χ3v) is 4.96. The molecule has 2 rings (SSSR count). The molecule has 144 valence electrons. The van der Waals surface area contributed by atoms with Crippen LogP contribution in [0.4, 0.5) is 0 Å². The fourth-order valence-corrected chi connectivity index (χ4v) is 3.27. The average molecular weight is 367 g/mol. The Bertz CT molecular complexity index is 811. The highest BCUT2D eigenvalue weighted by molar-refractivity contribution is 6.50. The van der Waals surface area contributed by atoms with Crippen molar-refractivity contribution in [3.05, 3.63) is 70.1 Å². The molecule has 0 spiro atoms. The second kappa shape index (κ2) is 8.85. The van der Waals surface area contributed by atoms with Crippen LogP contribution in [0, 0.1) is 5.92 Å². The van der Waals surface area contributed by atoms with Gasteiger partial charge in [0.15, 0.2) is 0 Å². The van der Waals surface area contributed by atoms with E-state index in [2.05, 4.69) is 11.4 Å². The predicted molar refractivity (Wildman–Crippen MR) is 108 cm³/mol. The van der Waals surface area contributed by atoms with Crippen LogP contribution in [0.25, 0.3) is 0 Å². The first-order valence-corrected chi connectivity index (χ1v) is 9.42. The summed E-state index contributed by atoms with van der Waals surface area (Å²) in [6.45, 7) is 9.48. The number of hydrogen-bond acceptors (Lipinski definition) is 4. The average Bonchev–Trinajstić information content (AvgIpc) is 2.64. The zero-order chi connectivity index (χ0) is 20.1. The largest absolute Gasteiger partial charge is 0.505 e. The van der Waals surface area contributed by atoms with Crippen LogP contribution in [0.5, 0.6) is 0 Å². The quantitative estimate of drug-likeness (QED) is 0.406. The normalized spacial score (nSPS) is 17.1. The minimum atomic E-state index is -0.590. The van der Waals surface area contributed by atoms with E-state index in [0.717, 1.165) is 12.0 Å². The van der Waals surface area contributed by atoms with E-state index in [0.29, 0.717) is 12.1 Å². The molecule has 0 unspecified atom stereocenters. The summed E-state index contributed by atoms with van der Waals surface area (Å²) in [5.74, 6) is -1.43. The van der Waals surface area contributed by atoms with E-state index in [9.17, 15) is 14.7 Å². The van der Waals surface area contributed by atoms with Gasteiger partial charge in [0.05, 0.1) is 11.3 Å². The number of ketones is 2. The van der Waals surface area contributed by atoms with Crippen LogP contribution >= 0.6 is 0 Å². The summed E-state index contributed by atoms with van der Waals surface area (Å²) in [5.41, 5.74) is 3.09. The number of carbonyl (C=O) groups is 2. The van der Waals surface area contributed by atoms with Crippen molar-refractivity contribution in [2.45, 2.75) is 53.5 Å². The summed E-state index contributed by atoms with van der Waals surface area (Å²) in [4.78, 5) is 25.0. The molecule has 1 aromatic carbocycles. The summed E-state index contributed by atoms with van der Waals surface area (Å²) in [6.07, 6.45) is 3.60. The molecule has 0 bridgehead atoms. The number of aliphatic hydroxyl groups is 1. The molecular formula is C23H29NO3. The molecule has 0 saturated carbocycles. The summed E-state index contributed by atoms with van der Waals surface area (Å²) < 4.78 is 0. The molecule has 0 aliphatic heterocycles. The van der Waals surface area contributed by atoms with Crippen molar-refractivity contribution in [3.8, 4) is 0 Å². The molecular weight excluding hydrogens is 338 g/mol. The summed E-state index contributed by atoms with van der Waals surface area (Å²) in [7, 11) is 0. The highest BCUT2D eigenvalue weighted by Crippen LogP contribution is 2.31. The molecule has 2 atom stereocenters. The number of hydrogen-bond donors (Lipinski definition) is 2. The number of benzene rings is 1. The van der Waals surface area contributed by atoms with Crippen molar-refractivity contribution in [2.24, 2.45) is 5.92 Å². The fourth-order valence-electron chi connectivity index (χ4n) is 3.27. The highest BCUT2D eigenvalue weighted by Gasteiger charge is 2.35. The smallest absolute Gasteiger partial charge is 0.233 e. The first kappa shape index (κ1) is 20.7. The van der Waals surface area contributed by atoms with Gasteiger partial charge in [-0.1, -0.05) is 48.9 Å². The number of nitrogens with one attached hydrogen (secondary N) is 1. The monoisotopic (exact) mass is 367 g/mol. The number of carbonyl (C=O) groups excluding carboxylic acids is 2. The zero-order valence-electron chi connectivity index (χ0n) is 16.8. The predicted octanol–water partition coefficient (Wildman–Crippen LogP) is 4.96.